The zero-order chi connectivity index (χ0) is 12.4. The molecule has 1 aliphatic heterocycles. The average Bonchev–Trinajstić information content (AvgIpc) is 2.74. The van der Waals surface area contributed by atoms with E-state index >= 15 is 0 Å². The summed E-state index contributed by atoms with van der Waals surface area (Å²) in [5.41, 5.74) is 0.687. The van der Waals surface area contributed by atoms with Crippen LogP contribution < -0.4 is 5.32 Å². The molecule has 1 spiro atoms. The molecule has 3 nitrogen and oxygen atoms in total. The van der Waals surface area contributed by atoms with Crippen molar-refractivity contribution in [2.45, 2.75) is 57.5 Å². The first-order chi connectivity index (χ1) is 8.08. The molecule has 100 valence electrons. The van der Waals surface area contributed by atoms with E-state index in [2.05, 4.69) is 31.0 Å². The van der Waals surface area contributed by atoms with Gasteiger partial charge in [-0.3, -0.25) is 4.90 Å². The Labute approximate surface area is 106 Å². The fourth-order valence-electron chi connectivity index (χ4n) is 3.38. The van der Waals surface area contributed by atoms with E-state index in [0.29, 0.717) is 5.54 Å². The summed E-state index contributed by atoms with van der Waals surface area (Å²) >= 11 is 0. The summed E-state index contributed by atoms with van der Waals surface area (Å²) in [6, 6.07) is 0. The van der Waals surface area contributed by atoms with Crippen molar-refractivity contribution in [2.24, 2.45) is 0 Å². The number of piperazine rings is 1. The molecule has 1 saturated heterocycles. The molecule has 0 radical (unpaired) electrons. The number of ether oxygens (including phenoxy) is 1. The van der Waals surface area contributed by atoms with Crippen LogP contribution in [0.5, 0.6) is 0 Å². The van der Waals surface area contributed by atoms with Crippen molar-refractivity contribution in [2.75, 3.05) is 32.8 Å². The molecule has 2 aliphatic rings. The van der Waals surface area contributed by atoms with E-state index in [4.69, 9.17) is 4.74 Å². The maximum absolute atomic E-state index is 5.55. The Bertz CT molecular complexity index is 247. The molecule has 2 rings (SSSR count). The maximum atomic E-state index is 5.55. The molecule has 1 aliphatic carbocycles. The van der Waals surface area contributed by atoms with Gasteiger partial charge in [-0.1, -0.05) is 12.8 Å². The number of nitrogens with zero attached hydrogens (tertiary/aromatic N) is 1. The Kier molecular flexibility index (Phi) is 4.11. The highest BCUT2D eigenvalue weighted by molar-refractivity contribution is 5.04. The van der Waals surface area contributed by atoms with Crippen molar-refractivity contribution in [1.82, 2.24) is 10.2 Å². The molecule has 1 saturated carbocycles. The number of rotatable bonds is 4. The van der Waals surface area contributed by atoms with Gasteiger partial charge in [0, 0.05) is 37.3 Å². The Morgan fingerprint density at radius 1 is 1.24 bits per heavy atom. The molecule has 1 N–H and O–H groups in total. The van der Waals surface area contributed by atoms with Crippen LogP contribution in [-0.4, -0.2) is 48.8 Å². The first kappa shape index (κ1) is 13.3. The van der Waals surface area contributed by atoms with E-state index < -0.39 is 0 Å². The summed E-state index contributed by atoms with van der Waals surface area (Å²) in [5.74, 6) is 0. The molecule has 0 atom stereocenters. The summed E-state index contributed by atoms with van der Waals surface area (Å²) in [4.78, 5) is 2.70. The highest BCUT2D eigenvalue weighted by Gasteiger charge is 2.45. The molecule has 0 amide bonds. The topological polar surface area (TPSA) is 24.5 Å². The summed E-state index contributed by atoms with van der Waals surface area (Å²) in [7, 11) is 0. The van der Waals surface area contributed by atoms with Gasteiger partial charge in [0.15, 0.2) is 0 Å². The predicted octanol–water partition coefficient (Wildman–Crippen LogP) is 2.02. The second-order valence-electron chi connectivity index (χ2n) is 6.29. The van der Waals surface area contributed by atoms with Crippen molar-refractivity contribution in [3.05, 3.63) is 0 Å². The Morgan fingerprint density at radius 2 is 1.94 bits per heavy atom. The van der Waals surface area contributed by atoms with Crippen LogP contribution in [0.25, 0.3) is 0 Å². The minimum Gasteiger partial charge on any atom is -0.380 e. The quantitative estimate of drug-likeness (QED) is 0.761. The van der Waals surface area contributed by atoms with Gasteiger partial charge in [0.2, 0.25) is 0 Å². The minimum atomic E-state index is 0.250. The molecule has 3 heteroatoms. The second-order valence-corrected chi connectivity index (χ2v) is 6.29. The lowest BCUT2D eigenvalue weighted by atomic mass is 9.87. The van der Waals surface area contributed by atoms with Crippen molar-refractivity contribution in [1.29, 1.82) is 0 Å². The molecule has 0 aromatic carbocycles. The third-order valence-corrected chi connectivity index (χ3v) is 4.40. The third-order valence-electron chi connectivity index (χ3n) is 4.40. The van der Waals surface area contributed by atoms with Crippen molar-refractivity contribution >= 4 is 0 Å². The van der Waals surface area contributed by atoms with Gasteiger partial charge in [-0.2, -0.15) is 0 Å². The van der Waals surface area contributed by atoms with Crippen molar-refractivity contribution in [3.8, 4) is 0 Å². The van der Waals surface area contributed by atoms with Crippen LogP contribution in [0, 0.1) is 0 Å². The van der Waals surface area contributed by atoms with Crippen LogP contribution in [0.1, 0.15) is 46.5 Å². The highest BCUT2D eigenvalue weighted by atomic mass is 16.5. The van der Waals surface area contributed by atoms with Gasteiger partial charge < -0.3 is 10.1 Å². The van der Waals surface area contributed by atoms with Gasteiger partial charge >= 0.3 is 0 Å². The number of nitrogens with one attached hydrogen (secondary N) is 1. The normalized spacial score (nSPS) is 27.7. The number of hydrogen-bond acceptors (Lipinski definition) is 3. The monoisotopic (exact) mass is 240 g/mol. The van der Waals surface area contributed by atoms with Gasteiger partial charge in [0.05, 0.1) is 6.61 Å². The SMILES string of the molecule is CCOCCN1CC(C)(C)NCC12CCCC2. The zero-order valence-electron chi connectivity index (χ0n) is 11.7. The molecule has 17 heavy (non-hydrogen) atoms. The minimum absolute atomic E-state index is 0.250. The largest absolute Gasteiger partial charge is 0.380 e. The van der Waals surface area contributed by atoms with Crippen LogP contribution in [0.4, 0.5) is 0 Å². The van der Waals surface area contributed by atoms with Crippen LogP contribution in [0.15, 0.2) is 0 Å². The Balaban J connectivity index is 1.99. The standard InChI is InChI=1S/C14H28N2O/c1-4-17-10-9-16-12-13(2,3)15-11-14(16)7-5-6-8-14/h15H,4-12H2,1-3H3. The van der Waals surface area contributed by atoms with E-state index in [-0.39, 0.29) is 5.54 Å². The van der Waals surface area contributed by atoms with E-state index in [9.17, 15) is 0 Å². The summed E-state index contributed by atoms with van der Waals surface area (Å²) in [5, 5.41) is 3.73. The summed E-state index contributed by atoms with van der Waals surface area (Å²) < 4.78 is 5.55. The molecule has 2 fully saturated rings. The molecule has 1 heterocycles. The molecule has 0 bridgehead atoms. The van der Waals surface area contributed by atoms with Gasteiger partial charge in [0.25, 0.3) is 0 Å². The van der Waals surface area contributed by atoms with E-state index in [1.807, 2.05) is 0 Å². The number of hydrogen-bond donors (Lipinski definition) is 1. The Hall–Kier alpha value is -0.120. The van der Waals surface area contributed by atoms with Gasteiger partial charge in [-0.05, 0) is 33.6 Å². The lowest BCUT2D eigenvalue weighted by molar-refractivity contribution is -0.00310. The molecule has 0 aromatic heterocycles. The average molecular weight is 240 g/mol. The lowest BCUT2D eigenvalue weighted by Crippen LogP contribution is -2.67. The summed E-state index contributed by atoms with van der Waals surface area (Å²) in [6.45, 7) is 11.8. The van der Waals surface area contributed by atoms with Gasteiger partial charge in [-0.15, -0.1) is 0 Å². The fourth-order valence-corrected chi connectivity index (χ4v) is 3.38. The maximum Gasteiger partial charge on any atom is 0.0593 e. The van der Waals surface area contributed by atoms with Crippen LogP contribution in [-0.2, 0) is 4.74 Å². The van der Waals surface area contributed by atoms with E-state index in [0.717, 1.165) is 32.8 Å². The summed E-state index contributed by atoms with van der Waals surface area (Å²) in [6.07, 6.45) is 5.52. The van der Waals surface area contributed by atoms with E-state index in [1.54, 1.807) is 0 Å². The first-order valence-corrected chi connectivity index (χ1v) is 7.16. The van der Waals surface area contributed by atoms with E-state index in [1.165, 1.54) is 25.7 Å². The van der Waals surface area contributed by atoms with Gasteiger partial charge in [0.1, 0.15) is 0 Å². The van der Waals surface area contributed by atoms with Crippen molar-refractivity contribution < 1.29 is 4.74 Å². The van der Waals surface area contributed by atoms with Crippen LogP contribution in [0.2, 0.25) is 0 Å². The predicted molar refractivity (Wildman–Crippen MR) is 71.3 cm³/mol. The van der Waals surface area contributed by atoms with Crippen LogP contribution >= 0.6 is 0 Å². The fraction of sp³-hybridized carbons (Fsp3) is 1.00. The smallest absolute Gasteiger partial charge is 0.0593 e. The highest BCUT2D eigenvalue weighted by Crippen LogP contribution is 2.38. The molecule has 0 unspecified atom stereocenters. The molecular formula is C14H28N2O. The third kappa shape index (κ3) is 3.01. The molecular weight excluding hydrogens is 212 g/mol. The van der Waals surface area contributed by atoms with Gasteiger partial charge in [-0.25, -0.2) is 0 Å². The van der Waals surface area contributed by atoms with Crippen molar-refractivity contribution in [3.63, 3.8) is 0 Å². The Morgan fingerprint density at radius 3 is 2.59 bits per heavy atom. The zero-order valence-corrected chi connectivity index (χ0v) is 11.7. The first-order valence-electron chi connectivity index (χ1n) is 7.16. The molecule has 0 aromatic rings. The second kappa shape index (κ2) is 5.25. The van der Waals surface area contributed by atoms with Crippen LogP contribution in [0.3, 0.4) is 0 Å². The lowest BCUT2D eigenvalue weighted by Gasteiger charge is -2.51.